The van der Waals surface area contributed by atoms with E-state index in [2.05, 4.69) is 231 Å². The van der Waals surface area contributed by atoms with Gasteiger partial charge in [-0.1, -0.05) is 184 Å². The fourth-order valence-corrected chi connectivity index (χ4v) is 9.27. The van der Waals surface area contributed by atoms with Crippen molar-refractivity contribution >= 4 is 17.1 Å². The maximum atomic E-state index is 7.24. The number of nitrogens with zero attached hydrogens (tertiary/aromatic N) is 1. The van der Waals surface area contributed by atoms with Crippen LogP contribution in [-0.2, 0) is 5.41 Å². The van der Waals surface area contributed by atoms with Crippen LogP contribution in [0.25, 0.3) is 66.8 Å². The maximum absolute atomic E-state index is 7.24. The highest BCUT2D eigenvalue weighted by Gasteiger charge is 2.36. The number of fused-ring (bicyclic) bond motifs is 8. The van der Waals surface area contributed by atoms with E-state index in [0.29, 0.717) is 0 Å². The minimum Gasteiger partial charge on any atom is -0.454 e. The third-order valence-electron chi connectivity index (χ3n) is 12.3. The molecule has 0 radical (unpaired) electrons. The smallest absolute Gasteiger partial charge is 0.159 e. The number of hydrogen-bond acceptors (Lipinski definition) is 2. The van der Waals surface area contributed by atoms with Crippen LogP contribution in [0.5, 0.6) is 11.5 Å². The molecule has 9 aromatic rings. The van der Waals surface area contributed by atoms with Gasteiger partial charge in [-0.3, -0.25) is 0 Å². The molecule has 1 aliphatic heterocycles. The molecule has 0 unspecified atom stereocenters. The lowest BCUT2D eigenvalue weighted by molar-refractivity contribution is 0.489. The van der Waals surface area contributed by atoms with Crippen LogP contribution in [0.15, 0.2) is 212 Å². The minimum atomic E-state index is -0.147. The summed E-state index contributed by atoms with van der Waals surface area (Å²) in [5.41, 5.74) is 19.8. The van der Waals surface area contributed by atoms with E-state index in [-0.39, 0.29) is 5.41 Å². The van der Waals surface area contributed by atoms with Crippen molar-refractivity contribution in [3.05, 3.63) is 223 Å². The van der Waals surface area contributed by atoms with Crippen LogP contribution < -0.4 is 9.64 Å². The van der Waals surface area contributed by atoms with Crippen molar-refractivity contribution in [3.63, 3.8) is 0 Å². The van der Waals surface area contributed by atoms with Crippen LogP contribution in [0.1, 0.15) is 25.0 Å². The molecule has 0 atom stereocenters. The molecule has 1 heterocycles. The van der Waals surface area contributed by atoms with E-state index in [4.69, 9.17) is 4.74 Å². The number of benzene rings is 9. The fourth-order valence-electron chi connectivity index (χ4n) is 9.27. The molecule has 0 aromatic heterocycles. The third-order valence-corrected chi connectivity index (χ3v) is 12.3. The van der Waals surface area contributed by atoms with Crippen molar-refractivity contribution in [3.8, 4) is 78.3 Å². The summed E-state index contributed by atoms with van der Waals surface area (Å²) in [6, 6.07) is 76.6. The SMILES string of the molecule is CC1(C)c2ccccc2-c2ccc(N(c3ccc(-c4ccccc4)cc3)c3cccc4c3Oc3ccc(-c5ccc(-c6ccccc6)cc5)cc3-c3ccccc3-4)cc21. The van der Waals surface area contributed by atoms with Gasteiger partial charge in [-0.2, -0.15) is 0 Å². The van der Waals surface area contributed by atoms with Crippen molar-refractivity contribution in [1.29, 1.82) is 0 Å². The van der Waals surface area contributed by atoms with Crippen LogP contribution in [0.4, 0.5) is 17.1 Å². The average Bonchev–Trinajstić information content (AvgIpc) is 3.42. The molecule has 0 bridgehead atoms. The number of para-hydroxylation sites is 1. The van der Waals surface area contributed by atoms with Crippen molar-refractivity contribution in [2.75, 3.05) is 4.90 Å². The first-order chi connectivity index (χ1) is 29.0. The van der Waals surface area contributed by atoms with Gasteiger partial charge in [-0.15, -0.1) is 0 Å². The highest BCUT2D eigenvalue weighted by atomic mass is 16.5. The molecule has 2 aliphatic rings. The second-order valence-corrected chi connectivity index (χ2v) is 16.1. The second kappa shape index (κ2) is 13.9. The molecule has 2 nitrogen and oxygen atoms in total. The Morgan fingerprint density at radius 1 is 0.339 bits per heavy atom. The predicted molar refractivity (Wildman–Crippen MR) is 246 cm³/mol. The Kier molecular flexibility index (Phi) is 8.20. The molecule has 0 amide bonds. The van der Waals surface area contributed by atoms with Gasteiger partial charge in [0.1, 0.15) is 5.75 Å². The number of anilines is 3. The summed E-state index contributed by atoms with van der Waals surface area (Å²) in [7, 11) is 0. The van der Waals surface area contributed by atoms with Gasteiger partial charge in [0.2, 0.25) is 0 Å². The van der Waals surface area contributed by atoms with E-state index < -0.39 is 0 Å². The monoisotopic (exact) mass is 755 g/mol. The number of hydrogen-bond donors (Lipinski definition) is 0. The first-order valence-electron chi connectivity index (χ1n) is 20.4. The van der Waals surface area contributed by atoms with Crippen LogP contribution in [0.2, 0.25) is 0 Å². The van der Waals surface area contributed by atoms with E-state index in [0.717, 1.165) is 56.4 Å². The van der Waals surface area contributed by atoms with Gasteiger partial charge in [-0.05, 0) is 109 Å². The topological polar surface area (TPSA) is 12.5 Å². The molecular weight excluding hydrogens is 715 g/mol. The second-order valence-electron chi connectivity index (χ2n) is 16.1. The Bertz CT molecular complexity index is 3020. The Hall–Kier alpha value is -7.42. The molecule has 2 heteroatoms. The van der Waals surface area contributed by atoms with Crippen molar-refractivity contribution < 1.29 is 4.74 Å². The lowest BCUT2D eigenvalue weighted by Gasteiger charge is -2.30. The molecule has 9 aromatic carbocycles. The summed E-state index contributed by atoms with van der Waals surface area (Å²) in [6.07, 6.45) is 0. The molecule has 11 rings (SSSR count). The van der Waals surface area contributed by atoms with Gasteiger partial charge in [0, 0.05) is 27.9 Å². The third kappa shape index (κ3) is 5.87. The van der Waals surface area contributed by atoms with Crippen LogP contribution >= 0.6 is 0 Å². The van der Waals surface area contributed by atoms with E-state index in [1.165, 1.54) is 50.1 Å². The van der Waals surface area contributed by atoms with E-state index in [9.17, 15) is 0 Å². The highest BCUT2D eigenvalue weighted by molar-refractivity contribution is 5.97. The zero-order valence-electron chi connectivity index (χ0n) is 33.1. The summed E-state index contributed by atoms with van der Waals surface area (Å²) < 4.78 is 7.24. The predicted octanol–water partition coefficient (Wildman–Crippen LogP) is 15.9. The molecule has 1 aliphatic carbocycles. The molecule has 280 valence electrons. The molecule has 0 spiro atoms. The first kappa shape index (κ1) is 34.8. The average molecular weight is 756 g/mol. The summed E-state index contributed by atoms with van der Waals surface area (Å²) in [6.45, 7) is 4.69. The molecule has 0 saturated carbocycles. The first-order valence-corrected chi connectivity index (χ1v) is 20.4. The summed E-state index contributed by atoms with van der Waals surface area (Å²) in [5.74, 6) is 1.66. The Morgan fingerprint density at radius 2 is 0.831 bits per heavy atom. The maximum Gasteiger partial charge on any atom is 0.159 e. The molecule has 0 N–H and O–H groups in total. The van der Waals surface area contributed by atoms with Gasteiger partial charge < -0.3 is 9.64 Å². The van der Waals surface area contributed by atoms with Crippen molar-refractivity contribution in [1.82, 2.24) is 0 Å². The minimum absolute atomic E-state index is 0.147. The van der Waals surface area contributed by atoms with Crippen LogP contribution in [0, 0.1) is 0 Å². The summed E-state index contributed by atoms with van der Waals surface area (Å²) in [4.78, 5) is 2.38. The van der Waals surface area contributed by atoms with Gasteiger partial charge in [0.15, 0.2) is 5.75 Å². The zero-order chi connectivity index (χ0) is 39.5. The van der Waals surface area contributed by atoms with Crippen LogP contribution in [0.3, 0.4) is 0 Å². The largest absolute Gasteiger partial charge is 0.454 e. The summed E-state index contributed by atoms with van der Waals surface area (Å²) in [5, 5.41) is 0. The van der Waals surface area contributed by atoms with E-state index in [1.54, 1.807) is 0 Å². The number of ether oxygens (including phenoxy) is 1. The highest BCUT2D eigenvalue weighted by Crippen LogP contribution is 2.55. The normalized spacial score (nSPS) is 12.8. The quantitative estimate of drug-likeness (QED) is 0.168. The molecular formula is C57H41NO. The Balaban J connectivity index is 1.06. The lowest BCUT2D eigenvalue weighted by atomic mass is 9.82. The summed E-state index contributed by atoms with van der Waals surface area (Å²) >= 11 is 0. The standard InChI is InChI=1S/C57H41NO/c1-57(2)52-22-12-11-20-48(52)49-34-33-45(37-53(49)57)58(44-31-28-41(29-32-44)39-16-7-4-8-17-39)54-23-13-21-50-46-18-9-10-19-47(46)51-36-43(30-35-55(51)59-56(50)54)42-26-24-40(25-27-42)38-14-5-3-6-15-38/h3-37H,1-2H3. The van der Waals surface area contributed by atoms with Crippen LogP contribution in [-0.4, -0.2) is 0 Å². The van der Waals surface area contributed by atoms with E-state index in [1.807, 2.05) is 0 Å². The lowest BCUT2D eigenvalue weighted by Crippen LogP contribution is -2.17. The molecule has 0 fully saturated rings. The van der Waals surface area contributed by atoms with Gasteiger partial charge in [-0.25, -0.2) is 0 Å². The Labute approximate surface area is 346 Å². The zero-order valence-corrected chi connectivity index (χ0v) is 33.1. The van der Waals surface area contributed by atoms with Gasteiger partial charge >= 0.3 is 0 Å². The van der Waals surface area contributed by atoms with Crippen molar-refractivity contribution in [2.45, 2.75) is 19.3 Å². The van der Waals surface area contributed by atoms with E-state index >= 15 is 0 Å². The van der Waals surface area contributed by atoms with Crippen molar-refractivity contribution in [2.24, 2.45) is 0 Å². The number of rotatable bonds is 6. The Morgan fingerprint density at radius 3 is 1.51 bits per heavy atom. The molecule has 59 heavy (non-hydrogen) atoms. The van der Waals surface area contributed by atoms with Gasteiger partial charge in [0.05, 0.1) is 5.69 Å². The fraction of sp³-hybridized carbons (Fsp3) is 0.0526. The van der Waals surface area contributed by atoms with Gasteiger partial charge in [0.25, 0.3) is 0 Å². The molecule has 0 saturated heterocycles.